The Hall–Kier alpha value is -5.97. The molecule has 3 heterocycles. The summed E-state index contributed by atoms with van der Waals surface area (Å²) in [5.74, 6) is 3.79. The lowest BCUT2D eigenvalue weighted by Gasteiger charge is -2.17. The number of nitrogens with zero attached hydrogens (tertiary/aromatic N) is 3. The first-order valence-corrected chi connectivity index (χ1v) is 14.4. The van der Waals surface area contributed by atoms with Crippen LogP contribution in [0, 0.1) is 23.7 Å². The van der Waals surface area contributed by atoms with Crippen molar-refractivity contribution < 1.29 is 4.42 Å². The summed E-state index contributed by atoms with van der Waals surface area (Å²) in [6.07, 6.45) is 9.82. The quantitative estimate of drug-likeness (QED) is 0.202. The molecule has 0 atom stereocenters. The third-order valence-electron chi connectivity index (χ3n) is 8.86. The lowest BCUT2D eigenvalue weighted by atomic mass is 9.98. The number of benzene rings is 5. The molecule has 0 saturated carbocycles. The van der Waals surface area contributed by atoms with Gasteiger partial charge < -0.3 is 13.6 Å². The van der Waals surface area contributed by atoms with Gasteiger partial charge in [-0.25, -0.2) is 0 Å². The third kappa shape index (κ3) is 3.21. The highest BCUT2D eigenvalue weighted by Gasteiger charge is 2.27. The fourth-order valence-electron chi connectivity index (χ4n) is 7.06. The van der Waals surface area contributed by atoms with Crippen LogP contribution < -0.4 is 0 Å². The smallest absolute Gasteiger partial charge is 0.158 e. The molecule has 4 nitrogen and oxygen atoms in total. The van der Waals surface area contributed by atoms with Gasteiger partial charge in [-0.2, -0.15) is 5.26 Å². The van der Waals surface area contributed by atoms with E-state index in [0.29, 0.717) is 5.56 Å². The third-order valence-corrected chi connectivity index (χ3v) is 8.86. The maximum absolute atomic E-state index is 9.62. The van der Waals surface area contributed by atoms with Crippen molar-refractivity contribution in [1.82, 2.24) is 9.13 Å². The molecule has 0 fully saturated rings. The van der Waals surface area contributed by atoms with Crippen molar-refractivity contribution in [3.05, 3.63) is 132 Å². The van der Waals surface area contributed by atoms with Gasteiger partial charge in [0.1, 0.15) is 5.76 Å². The van der Waals surface area contributed by atoms with Crippen LogP contribution in [0.15, 0.2) is 114 Å². The number of hydrogen-bond donors (Lipinski definition) is 0. The van der Waals surface area contributed by atoms with Crippen LogP contribution in [0.5, 0.6) is 0 Å². The van der Waals surface area contributed by atoms with E-state index in [0.717, 1.165) is 95.7 Å². The van der Waals surface area contributed by atoms with Gasteiger partial charge >= 0.3 is 0 Å². The average molecular weight is 550 g/mol. The molecule has 0 unspecified atom stereocenters. The van der Waals surface area contributed by atoms with E-state index in [2.05, 4.69) is 112 Å². The SMILES string of the molecule is C#Cc1ccc2c(c1)c1ccccc1n2-c1cccc2c3c(oc12)CCC=C3n1c2ccccc2c2cc(C#N)ccc21. The molecule has 0 bridgehead atoms. The van der Waals surface area contributed by atoms with Crippen molar-refractivity contribution >= 4 is 60.3 Å². The number of fused-ring (bicyclic) bond motifs is 9. The van der Waals surface area contributed by atoms with Crippen molar-refractivity contribution in [3.8, 4) is 24.1 Å². The first kappa shape index (κ1) is 23.7. The maximum atomic E-state index is 9.62. The van der Waals surface area contributed by atoms with Gasteiger partial charge in [0, 0.05) is 44.5 Å². The fourth-order valence-corrected chi connectivity index (χ4v) is 7.06. The molecule has 0 aliphatic heterocycles. The highest BCUT2D eigenvalue weighted by Crippen LogP contribution is 2.44. The first-order chi connectivity index (χ1) is 21.2. The van der Waals surface area contributed by atoms with E-state index >= 15 is 0 Å². The van der Waals surface area contributed by atoms with Gasteiger partial charge in [-0.3, -0.25) is 0 Å². The summed E-state index contributed by atoms with van der Waals surface area (Å²) in [6, 6.07) is 37.8. The average Bonchev–Trinajstić information content (AvgIpc) is 3.72. The van der Waals surface area contributed by atoms with Gasteiger partial charge in [-0.1, -0.05) is 60.5 Å². The number of aryl methyl sites for hydroxylation is 1. The summed E-state index contributed by atoms with van der Waals surface area (Å²) in [7, 11) is 0. The number of hydrogen-bond acceptors (Lipinski definition) is 2. The van der Waals surface area contributed by atoms with Crippen LogP contribution in [-0.4, -0.2) is 9.13 Å². The minimum absolute atomic E-state index is 0.660. The second-order valence-corrected chi connectivity index (χ2v) is 11.1. The Morgan fingerprint density at radius 2 is 1.28 bits per heavy atom. The highest BCUT2D eigenvalue weighted by atomic mass is 16.3. The van der Waals surface area contributed by atoms with Gasteiger partial charge in [0.2, 0.25) is 0 Å². The Labute approximate surface area is 247 Å². The standard InChI is InChI=1S/C39H23N3O/c1-2-24-17-19-34-29(21-24)26-9-4-6-13-32(26)42(34)36-15-7-11-28-38-35(14-8-16-37(38)43-39(28)36)41-31-12-5-3-10-27(31)30-22-25(23-40)18-20-33(30)41/h1,3-7,9-15,17-22H,8,16H2. The summed E-state index contributed by atoms with van der Waals surface area (Å²) in [5.41, 5.74) is 10.1. The molecule has 5 aromatic carbocycles. The molecule has 4 heteroatoms. The molecule has 0 amide bonds. The molecule has 0 N–H and O–H groups in total. The van der Waals surface area contributed by atoms with E-state index < -0.39 is 0 Å². The van der Waals surface area contributed by atoms with Gasteiger partial charge in [0.05, 0.1) is 45.1 Å². The van der Waals surface area contributed by atoms with E-state index in [4.69, 9.17) is 10.8 Å². The Kier molecular flexibility index (Phi) is 4.83. The van der Waals surface area contributed by atoms with E-state index in [-0.39, 0.29) is 0 Å². The molecule has 9 rings (SSSR count). The summed E-state index contributed by atoms with van der Waals surface area (Å²) >= 11 is 0. The zero-order chi connectivity index (χ0) is 28.7. The molecule has 200 valence electrons. The first-order valence-electron chi connectivity index (χ1n) is 14.4. The summed E-state index contributed by atoms with van der Waals surface area (Å²) in [6.45, 7) is 0. The molecule has 8 aromatic rings. The molecule has 43 heavy (non-hydrogen) atoms. The van der Waals surface area contributed by atoms with Gasteiger partial charge in [-0.15, -0.1) is 6.42 Å². The lowest BCUT2D eigenvalue weighted by Crippen LogP contribution is -2.05. The summed E-state index contributed by atoms with van der Waals surface area (Å²) in [5, 5.41) is 15.2. The molecule has 1 aliphatic carbocycles. The lowest BCUT2D eigenvalue weighted by molar-refractivity contribution is 0.543. The van der Waals surface area contributed by atoms with Crippen LogP contribution in [0.1, 0.15) is 28.9 Å². The van der Waals surface area contributed by atoms with Crippen LogP contribution in [0.2, 0.25) is 0 Å². The molecule has 3 aromatic heterocycles. The molecule has 0 radical (unpaired) electrons. The topological polar surface area (TPSA) is 46.8 Å². The second-order valence-electron chi connectivity index (χ2n) is 11.1. The second kappa shape index (κ2) is 8.76. The Morgan fingerprint density at radius 3 is 2.02 bits per heavy atom. The van der Waals surface area contributed by atoms with Crippen molar-refractivity contribution in [1.29, 1.82) is 5.26 Å². The van der Waals surface area contributed by atoms with E-state index in [1.54, 1.807) is 0 Å². The normalized spacial score (nSPS) is 13.0. The predicted molar refractivity (Wildman–Crippen MR) is 174 cm³/mol. The van der Waals surface area contributed by atoms with Crippen molar-refractivity contribution in [3.63, 3.8) is 0 Å². The number of aromatic nitrogens is 2. The molecule has 0 saturated heterocycles. The predicted octanol–water partition coefficient (Wildman–Crippen LogP) is 9.33. The number of nitriles is 1. The van der Waals surface area contributed by atoms with E-state index in [9.17, 15) is 5.26 Å². The number of rotatable bonds is 2. The van der Waals surface area contributed by atoms with Gasteiger partial charge in [0.25, 0.3) is 0 Å². The van der Waals surface area contributed by atoms with E-state index in [1.165, 1.54) is 0 Å². The van der Waals surface area contributed by atoms with Crippen LogP contribution in [0.4, 0.5) is 0 Å². The number of terminal acetylenes is 1. The van der Waals surface area contributed by atoms with Crippen LogP contribution in [-0.2, 0) is 6.42 Å². The van der Waals surface area contributed by atoms with Gasteiger partial charge in [0.15, 0.2) is 5.58 Å². The largest absolute Gasteiger partial charge is 0.458 e. The maximum Gasteiger partial charge on any atom is 0.158 e. The summed E-state index contributed by atoms with van der Waals surface area (Å²) < 4.78 is 11.5. The van der Waals surface area contributed by atoms with Crippen LogP contribution >= 0.6 is 0 Å². The van der Waals surface area contributed by atoms with Gasteiger partial charge in [-0.05, 0) is 61.0 Å². The van der Waals surface area contributed by atoms with Crippen LogP contribution in [0.25, 0.3) is 66.0 Å². The minimum Gasteiger partial charge on any atom is -0.458 e. The number of furan rings is 1. The Morgan fingerprint density at radius 1 is 0.651 bits per heavy atom. The summed E-state index contributed by atoms with van der Waals surface area (Å²) in [4.78, 5) is 0. The number of para-hydroxylation sites is 3. The number of allylic oxidation sites excluding steroid dienone is 1. The molecular formula is C39H23N3O. The van der Waals surface area contributed by atoms with Crippen molar-refractivity contribution in [2.24, 2.45) is 0 Å². The zero-order valence-electron chi connectivity index (χ0n) is 23.1. The zero-order valence-corrected chi connectivity index (χ0v) is 23.1. The molecular weight excluding hydrogens is 526 g/mol. The fraction of sp³-hybridized carbons (Fsp3) is 0.0513. The minimum atomic E-state index is 0.660. The van der Waals surface area contributed by atoms with Crippen molar-refractivity contribution in [2.45, 2.75) is 12.8 Å². The molecule has 1 aliphatic rings. The van der Waals surface area contributed by atoms with E-state index in [1.807, 2.05) is 18.2 Å². The Bertz CT molecular complexity index is 2590. The monoisotopic (exact) mass is 549 g/mol. The van der Waals surface area contributed by atoms with Crippen molar-refractivity contribution in [2.75, 3.05) is 0 Å². The molecule has 0 spiro atoms. The highest BCUT2D eigenvalue weighted by molar-refractivity contribution is 6.13. The van der Waals surface area contributed by atoms with Crippen LogP contribution in [0.3, 0.4) is 0 Å². The Balaban J connectivity index is 1.34.